The van der Waals surface area contributed by atoms with Gasteiger partial charge in [-0.1, -0.05) is 30.3 Å². The van der Waals surface area contributed by atoms with Crippen LogP contribution in [0.4, 0.5) is 10.5 Å². The van der Waals surface area contributed by atoms with Crippen LogP contribution in [0.15, 0.2) is 53.6 Å². The van der Waals surface area contributed by atoms with E-state index in [2.05, 4.69) is 15.8 Å². The van der Waals surface area contributed by atoms with Crippen molar-refractivity contribution in [2.24, 2.45) is 5.10 Å². The molecular formula is C15H15N3O2. The minimum Gasteiger partial charge on any atom is -0.508 e. The Kier molecular flexibility index (Phi) is 4.34. The molecule has 0 bridgehead atoms. The van der Waals surface area contributed by atoms with Crippen molar-refractivity contribution < 1.29 is 9.90 Å². The number of phenolic OH excluding ortho intramolecular Hbond substituents is 1. The highest BCUT2D eigenvalue weighted by Crippen LogP contribution is 2.12. The van der Waals surface area contributed by atoms with Crippen LogP contribution in [-0.2, 0) is 0 Å². The van der Waals surface area contributed by atoms with Crippen molar-refractivity contribution in [2.45, 2.75) is 6.92 Å². The van der Waals surface area contributed by atoms with Gasteiger partial charge in [-0.2, -0.15) is 5.10 Å². The maximum Gasteiger partial charge on any atom is 0.339 e. The first-order chi connectivity index (χ1) is 9.65. The fraction of sp³-hybridized carbons (Fsp3) is 0.0667. The third-order valence-corrected chi connectivity index (χ3v) is 2.64. The van der Waals surface area contributed by atoms with Crippen molar-refractivity contribution >= 4 is 17.9 Å². The zero-order chi connectivity index (χ0) is 14.4. The quantitative estimate of drug-likeness (QED) is 0.592. The Labute approximate surface area is 117 Å². The second kappa shape index (κ2) is 6.38. The predicted octanol–water partition coefficient (Wildman–Crippen LogP) is 2.86. The highest BCUT2D eigenvalue weighted by molar-refractivity contribution is 5.91. The van der Waals surface area contributed by atoms with Crippen LogP contribution in [0.5, 0.6) is 5.75 Å². The summed E-state index contributed by atoms with van der Waals surface area (Å²) in [6.45, 7) is 1.91. The van der Waals surface area contributed by atoms with Gasteiger partial charge in [-0.05, 0) is 36.2 Å². The Morgan fingerprint density at radius 3 is 2.75 bits per heavy atom. The number of carbonyl (C=O) groups is 1. The third-order valence-electron chi connectivity index (χ3n) is 2.64. The molecule has 0 saturated carbocycles. The SMILES string of the molecule is Cc1ccccc1NC(=O)N/N=C\c1cccc(O)c1. The number of amides is 2. The van der Waals surface area contributed by atoms with E-state index in [1.165, 1.54) is 6.21 Å². The smallest absolute Gasteiger partial charge is 0.339 e. The molecular weight excluding hydrogens is 254 g/mol. The zero-order valence-electron chi connectivity index (χ0n) is 11.0. The molecule has 0 aliphatic heterocycles. The normalized spacial score (nSPS) is 10.4. The fourth-order valence-corrected chi connectivity index (χ4v) is 1.63. The van der Waals surface area contributed by atoms with E-state index in [1.807, 2.05) is 31.2 Å². The van der Waals surface area contributed by atoms with E-state index in [1.54, 1.807) is 24.3 Å². The maximum absolute atomic E-state index is 11.6. The summed E-state index contributed by atoms with van der Waals surface area (Å²) in [4.78, 5) is 11.6. The van der Waals surface area contributed by atoms with Crippen molar-refractivity contribution in [2.75, 3.05) is 5.32 Å². The molecule has 2 rings (SSSR count). The molecule has 20 heavy (non-hydrogen) atoms. The van der Waals surface area contributed by atoms with E-state index in [0.29, 0.717) is 5.56 Å². The number of para-hydroxylation sites is 1. The molecule has 0 spiro atoms. The molecule has 0 radical (unpaired) electrons. The van der Waals surface area contributed by atoms with Gasteiger partial charge in [-0.3, -0.25) is 0 Å². The molecule has 0 fully saturated rings. The number of carbonyl (C=O) groups excluding carboxylic acids is 1. The van der Waals surface area contributed by atoms with Gasteiger partial charge in [0.2, 0.25) is 0 Å². The zero-order valence-corrected chi connectivity index (χ0v) is 11.0. The lowest BCUT2D eigenvalue weighted by atomic mass is 10.2. The summed E-state index contributed by atoms with van der Waals surface area (Å²) in [6, 6.07) is 13.6. The van der Waals surface area contributed by atoms with Gasteiger partial charge in [-0.25, -0.2) is 10.2 Å². The third kappa shape index (κ3) is 3.84. The predicted molar refractivity (Wildman–Crippen MR) is 79.0 cm³/mol. The Morgan fingerprint density at radius 2 is 2.00 bits per heavy atom. The summed E-state index contributed by atoms with van der Waals surface area (Å²) in [5.74, 6) is 0.151. The number of hydrogen-bond acceptors (Lipinski definition) is 3. The molecule has 0 heterocycles. The van der Waals surface area contributed by atoms with Gasteiger partial charge >= 0.3 is 6.03 Å². The maximum atomic E-state index is 11.6. The lowest BCUT2D eigenvalue weighted by Gasteiger charge is -2.06. The summed E-state index contributed by atoms with van der Waals surface area (Å²) in [5, 5.41) is 15.8. The van der Waals surface area contributed by atoms with Crippen LogP contribution in [0.25, 0.3) is 0 Å². The highest BCUT2D eigenvalue weighted by atomic mass is 16.3. The van der Waals surface area contributed by atoms with Crippen LogP contribution < -0.4 is 10.7 Å². The number of rotatable bonds is 3. The molecule has 2 aromatic carbocycles. The molecule has 5 heteroatoms. The van der Waals surface area contributed by atoms with Crippen LogP contribution >= 0.6 is 0 Å². The molecule has 2 amide bonds. The van der Waals surface area contributed by atoms with Gasteiger partial charge in [0.15, 0.2) is 0 Å². The number of phenols is 1. The summed E-state index contributed by atoms with van der Waals surface area (Å²) in [5.41, 5.74) is 4.77. The number of aromatic hydroxyl groups is 1. The summed E-state index contributed by atoms with van der Waals surface area (Å²) in [6.07, 6.45) is 1.46. The van der Waals surface area contributed by atoms with Crippen molar-refractivity contribution in [1.29, 1.82) is 0 Å². The largest absolute Gasteiger partial charge is 0.508 e. The average molecular weight is 269 g/mol. The lowest BCUT2D eigenvalue weighted by molar-refractivity contribution is 0.252. The van der Waals surface area contributed by atoms with E-state index in [9.17, 15) is 9.90 Å². The molecule has 0 aliphatic carbocycles. The number of hydrazone groups is 1. The topological polar surface area (TPSA) is 73.7 Å². The molecule has 102 valence electrons. The monoisotopic (exact) mass is 269 g/mol. The summed E-state index contributed by atoms with van der Waals surface area (Å²) in [7, 11) is 0. The Hall–Kier alpha value is -2.82. The molecule has 3 N–H and O–H groups in total. The van der Waals surface area contributed by atoms with E-state index in [4.69, 9.17) is 0 Å². The molecule has 5 nitrogen and oxygen atoms in total. The molecule has 0 saturated heterocycles. The highest BCUT2D eigenvalue weighted by Gasteiger charge is 2.01. The average Bonchev–Trinajstić information content (AvgIpc) is 2.41. The number of hydrogen-bond donors (Lipinski definition) is 3. The number of nitrogens with zero attached hydrogens (tertiary/aromatic N) is 1. The number of urea groups is 1. The van der Waals surface area contributed by atoms with E-state index in [-0.39, 0.29) is 5.75 Å². The van der Waals surface area contributed by atoms with Crippen LogP contribution in [0.1, 0.15) is 11.1 Å². The summed E-state index contributed by atoms with van der Waals surface area (Å²) < 4.78 is 0. The van der Waals surface area contributed by atoms with Gasteiger partial charge in [-0.15, -0.1) is 0 Å². The van der Waals surface area contributed by atoms with Crippen molar-refractivity contribution in [3.8, 4) is 5.75 Å². The number of benzene rings is 2. The lowest BCUT2D eigenvalue weighted by Crippen LogP contribution is -2.24. The Morgan fingerprint density at radius 1 is 1.20 bits per heavy atom. The second-order valence-electron chi connectivity index (χ2n) is 4.23. The van der Waals surface area contributed by atoms with Gasteiger partial charge in [0.05, 0.1) is 6.21 Å². The molecule has 0 unspecified atom stereocenters. The van der Waals surface area contributed by atoms with Gasteiger partial charge in [0.1, 0.15) is 5.75 Å². The first-order valence-electron chi connectivity index (χ1n) is 6.10. The van der Waals surface area contributed by atoms with E-state index < -0.39 is 6.03 Å². The van der Waals surface area contributed by atoms with Crippen LogP contribution in [0, 0.1) is 6.92 Å². The molecule has 0 aromatic heterocycles. The van der Waals surface area contributed by atoms with Crippen LogP contribution in [-0.4, -0.2) is 17.4 Å². The van der Waals surface area contributed by atoms with Gasteiger partial charge < -0.3 is 10.4 Å². The van der Waals surface area contributed by atoms with E-state index in [0.717, 1.165) is 11.3 Å². The minimum absolute atomic E-state index is 0.151. The first kappa shape index (κ1) is 13.6. The van der Waals surface area contributed by atoms with Crippen molar-refractivity contribution in [1.82, 2.24) is 5.43 Å². The summed E-state index contributed by atoms with van der Waals surface area (Å²) >= 11 is 0. The van der Waals surface area contributed by atoms with Crippen LogP contribution in [0.3, 0.4) is 0 Å². The molecule has 2 aromatic rings. The molecule has 0 aliphatic rings. The Bertz CT molecular complexity index is 639. The van der Waals surface area contributed by atoms with Gasteiger partial charge in [0.25, 0.3) is 0 Å². The van der Waals surface area contributed by atoms with E-state index >= 15 is 0 Å². The van der Waals surface area contributed by atoms with Crippen molar-refractivity contribution in [3.63, 3.8) is 0 Å². The second-order valence-corrected chi connectivity index (χ2v) is 4.23. The minimum atomic E-state index is -0.421. The Balaban J connectivity index is 1.91. The standard InChI is InChI=1S/C15H15N3O2/c1-11-5-2-3-8-14(11)17-15(20)18-16-10-12-6-4-7-13(19)9-12/h2-10,19H,1H3,(H2,17,18,20)/b16-10-. The number of aryl methyl sites for hydroxylation is 1. The number of anilines is 1. The fourth-order valence-electron chi connectivity index (χ4n) is 1.63. The number of nitrogens with one attached hydrogen (secondary N) is 2. The van der Waals surface area contributed by atoms with Gasteiger partial charge in [0, 0.05) is 5.69 Å². The van der Waals surface area contributed by atoms with Crippen molar-refractivity contribution in [3.05, 3.63) is 59.7 Å². The molecule has 0 atom stereocenters. The van der Waals surface area contributed by atoms with Crippen LogP contribution in [0.2, 0.25) is 0 Å². The first-order valence-corrected chi connectivity index (χ1v) is 6.10.